The number of nitrogens with two attached hydrogens (primary N) is 1. The van der Waals surface area contributed by atoms with Crippen LogP contribution in [0.1, 0.15) is 5.56 Å². The lowest BCUT2D eigenvalue weighted by Gasteiger charge is -2.09. The molecule has 0 aliphatic heterocycles. The second-order valence-corrected chi connectivity index (χ2v) is 3.37. The fraction of sp³-hybridized carbons (Fsp3) is 0.0833. The Morgan fingerprint density at radius 2 is 2.17 bits per heavy atom. The van der Waals surface area contributed by atoms with Gasteiger partial charge in [0.2, 0.25) is 0 Å². The number of aromatic nitrogens is 2. The van der Waals surface area contributed by atoms with Crippen LogP contribution in [0.25, 0.3) is 0 Å². The highest BCUT2D eigenvalue weighted by Crippen LogP contribution is 2.31. The molecule has 1 heterocycles. The standard InChI is InChI=1S/C12H10N4O2/c1-17-9-2-3-10(14)11(6-9)18-12-8(7-13)4-5-15-16-12/h2-6H,14H2,1H3. The molecule has 90 valence electrons. The van der Waals surface area contributed by atoms with E-state index in [4.69, 9.17) is 20.5 Å². The van der Waals surface area contributed by atoms with Gasteiger partial charge in [0.1, 0.15) is 17.4 Å². The normalized spacial score (nSPS) is 9.56. The number of hydrogen-bond acceptors (Lipinski definition) is 6. The molecule has 0 radical (unpaired) electrons. The molecule has 0 spiro atoms. The summed E-state index contributed by atoms with van der Waals surface area (Å²) in [4.78, 5) is 0. The molecule has 2 aromatic rings. The lowest BCUT2D eigenvalue weighted by molar-refractivity contribution is 0.407. The van der Waals surface area contributed by atoms with E-state index in [0.717, 1.165) is 0 Å². The van der Waals surface area contributed by atoms with Crippen LogP contribution in [0.3, 0.4) is 0 Å². The third-order valence-corrected chi connectivity index (χ3v) is 2.23. The second kappa shape index (κ2) is 5.01. The average Bonchev–Trinajstić information content (AvgIpc) is 2.42. The summed E-state index contributed by atoms with van der Waals surface area (Å²) in [6.07, 6.45) is 1.42. The molecule has 2 N–H and O–H groups in total. The Balaban J connectivity index is 2.37. The summed E-state index contributed by atoms with van der Waals surface area (Å²) < 4.78 is 10.5. The smallest absolute Gasteiger partial charge is 0.257 e. The van der Waals surface area contributed by atoms with E-state index in [9.17, 15) is 0 Å². The van der Waals surface area contributed by atoms with Gasteiger partial charge in [0.25, 0.3) is 5.88 Å². The van der Waals surface area contributed by atoms with Crippen molar-refractivity contribution in [3.8, 4) is 23.4 Å². The molecule has 0 bridgehead atoms. The highest BCUT2D eigenvalue weighted by Gasteiger charge is 2.09. The van der Waals surface area contributed by atoms with Crippen molar-refractivity contribution < 1.29 is 9.47 Å². The summed E-state index contributed by atoms with van der Waals surface area (Å²) in [6.45, 7) is 0. The van der Waals surface area contributed by atoms with E-state index in [-0.39, 0.29) is 11.4 Å². The van der Waals surface area contributed by atoms with E-state index < -0.39 is 0 Å². The Hall–Kier alpha value is -2.81. The summed E-state index contributed by atoms with van der Waals surface area (Å²) in [6, 6.07) is 8.45. The van der Waals surface area contributed by atoms with Gasteiger partial charge in [-0.05, 0) is 18.2 Å². The maximum Gasteiger partial charge on any atom is 0.257 e. The average molecular weight is 242 g/mol. The number of nitrogens with zero attached hydrogens (tertiary/aromatic N) is 3. The molecule has 6 heteroatoms. The summed E-state index contributed by atoms with van der Waals surface area (Å²) >= 11 is 0. The summed E-state index contributed by atoms with van der Waals surface area (Å²) in [5, 5.41) is 16.3. The Morgan fingerprint density at radius 1 is 1.33 bits per heavy atom. The van der Waals surface area contributed by atoms with Gasteiger partial charge in [0, 0.05) is 6.07 Å². The van der Waals surface area contributed by atoms with Gasteiger partial charge in [-0.15, -0.1) is 5.10 Å². The summed E-state index contributed by atoms with van der Waals surface area (Å²) in [5.74, 6) is 1.08. The van der Waals surface area contributed by atoms with E-state index in [1.54, 1.807) is 25.3 Å². The summed E-state index contributed by atoms with van der Waals surface area (Å²) in [5.41, 5.74) is 6.48. The van der Waals surface area contributed by atoms with Crippen molar-refractivity contribution in [3.63, 3.8) is 0 Å². The molecule has 0 atom stereocenters. The first-order valence-electron chi connectivity index (χ1n) is 5.07. The van der Waals surface area contributed by atoms with Crippen molar-refractivity contribution in [2.75, 3.05) is 12.8 Å². The van der Waals surface area contributed by atoms with Crippen LogP contribution in [0.4, 0.5) is 5.69 Å². The first kappa shape index (κ1) is 11.7. The molecule has 0 saturated carbocycles. The van der Waals surface area contributed by atoms with Gasteiger partial charge >= 0.3 is 0 Å². The Kier molecular flexibility index (Phi) is 3.25. The van der Waals surface area contributed by atoms with Crippen molar-refractivity contribution in [1.29, 1.82) is 5.26 Å². The summed E-state index contributed by atoms with van der Waals surface area (Å²) in [7, 11) is 1.54. The molecule has 0 aliphatic rings. The lowest BCUT2D eigenvalue weighted by Crippen LogP contribution is -1.97. The maximum atomic E-state index is 8.91. The topological polar surface area (TPSA) is 94.1 Å². The van der Waals surface area contributed by atoms with E-state index in [1.165, 1.54) is 12.3 Å². The van der Waals surface area contributed by atoms with Crippen LogP contribution in [0.2, 0.25) is 0 Å². The minimum atomic E-state index is 0.111. The van der Waals surface area contributed by atoms with Crippen LogP contribution in [0.15, 0.2) is 30.5 Å². The van der Waals surface area contributed by atoms with Crippen LogP contribution >= 0.6 is 0 Å². The van der Waals surface area contributed by atoms with Gasteiger partial charge in [-0.25, -0.2) is 0 Å². The predicted octanol–water partition coefficient (Wildman–Crippen LogP) is 1.73. The minimum Gasteiger partial charge on any atom is -0.497 e. The van der Waals surface area contributed by atoms with E-state index in [2.05, 4.69) is 10.2 Å². The molecule has 0 amide bonds. The number of hydrogen-bond donors (Lipinski definition) is 1. The number of benzene rings is 1. The number of nitriles is 1. The van der Waals surface area contributed by atoms with Gasteiger partial charge in [-0.2, -0.15) is 10.4 Å². The van der Waals surface area contributed by atoms with Gasteiger partial charge in [0.05, 0.1) is 19.0 Å². The second-order valence-electron chi connectivity index (χ2n) is 3.37. The zero-order chi connectivity index (χ0) is 13.0. The zero-order valence-electron chi connectivity index (χ0n) is 9.62. The Bertz CT molecular complexity index is 607. The van der Waals surface area contributed by atoms with Gasteiger partial charge in [0.15, 0.2) is 5.75 Å². The molecule has 1 aromatic heterocycles. The van der Waals surface area contributed by atoms with Crippen LogP contribution in [-0.2, 0) is 0 Å². The highest BCUT2D eigenvalue weighted by atomic mass is 16.5. The number of nitrogen functional groups attached to an aromatic ring is 1. The molecule has 6 nitrogen and oxygen atoms in total. The predicted molar refractivity (Wildman–Crippen MR) is 64.2 cm³/mol. The number of ether oxygens (including phenoxy) is 2. The van der Waals surface area contributed by atoms with Gasteiger partial charge in [-0.1, -0.05) is 0 Å². The first-order chi connectivity index (χ1) is 8.74. The quantitative estimate of drug-likeness (QED) is 0.823. The van der Waals surface area contributed by atoms with Gasteiger partial charge in [-0.3, -0.25) is 0 Å². The Morgan fingerprint density at radius 3 is 2.89 bits per heavy atom. The van der Waals surface area contributed by atoms with Crippen LogP contribution in [0.5, 0.6) is 17.4 Å². The number of methoxy groups -OCH3 is 1. The number of anilines is 1. The highest BCUT2D eigenvalue weighted by molar-refractivity contribution is 5.57. The van der Waals surface area contributed by atoms with Crippen LogP contribution in [-0.4, -0.2) is 17.3 Å². The van der Waals surface area contributed by atoms with Crippen molar-refractivity contribution in [3.05, 3.63) is 36.0 Å². The van der Waals surface area contributed by atoms with Gasteiger partial charge < -0.3 is 15.2 Å². The molecule has 0 unspecified atom stereocenters. The lowest BCUT2D eigenvalue weighted by atomic mass is 10.2. The molecule has 2 rings (SSSR count). The van der Waals surface area contributed by atoms with Crippen LogP contribution < -0.4 is 15.2 Å². The first-order valence-corrected chi connectivity index (χ1v) is 5.07. The van der Waals surface area contributed by atoms with Crippen molar-refractivity contribution in [2.24, 2.45) is 0 Å². The van der Waals surface area contributed by atoms with E-state index in [1.807, 2.05) is 6.07 Å². The zero-order valence-corrected chi connectivity index (χ0v) is 9.62. The minimum absolute atomic E-state index is 0.111. The Labute approximate surface area is 104 Å². The third-order valence-electron chi connectivity index (χ3n) is 2.23. The van der Waals surface area contributed by atoms with Crippen molar-refractivity contribution in [2.45, 2.75) is 0 Å². The maximum absolute atomic E-state index is 8.91. The molecular weight excluding hydrogens is 232 g/mol. The van der Waals surface area contributed by atoms with Crippen LogP contribution in [0, 0.1) is 11.3 Å². The molecule has 0 saturated heterocycles. The van der Waals surface area contributed by atoms with E-state index in [0.29, 0.717) is 17.2 Å². The number of rotatable bonds is 3. The van der Waals surface area contributed by atoms with Crippen molar-refractivity contribution >= 4 is 5.69 Å². The molecule has 0 aliphatic carbocycles. The van der Waals surface area contributed by atoms with Crippen molar-refractivity contribution in [1.82, 2.24) is 10.2 Å². The molecule has 18 heavy (non-hydrogen) atoms. The fourth-order valence-corrected chi connectivity index (χ4v) is 1.31. The monoisotopic (exact) mass is 242 g/mol. The fourth-order valence-electron chi connectivity index (χ4n) is 1.31. The third kappa shape index (κ3) is 2.30. The molecule has 1 aromatic carbocycles. The largest absolute Gasteiger partial charge is 0.497 e. The molecular formula is C12H10N4O2. The van der Waals surface area contributed by atoms with E-state index >= 15 is 0 Å². The molecule has 0 fully saturated rings. The SMILES string of the molecule is COc1ccc(N)c(Oc2nnccc2C#N)c1.